The molecule has 1 fully saturated rings. The number of rotatable bonds is 7. The standard InChI is InChI=1S/C20H18F2N2O5/c21-20(22)29-16-9-4-2-7-14(16)23-17(25)12-28-19(27)13-6-1-3-8-15(13)24-11-5-10-18(24)26/h1-4,6-9,20H,5,10-12H2,(H,23,25). The van der Waals surface area contributed by atoms with Crippen LogP contribution in [0.3, 0.4) is 0 Å². The molecule has 3 rings (SSSR count). The van der Waals surface area contributed by atoms with E-state index in [4.69, 9.17) is 4.74 Å². The minimum absolute atomic E-state index is 0.0249. The van der Waals surface area contributed by atoms with Gasteiger partial charge in [-0.3, -0.25) is 9.59 Å². The molecule has 0 unspecified atom stereocenters. The van der Waals surface area contributed by atoms with Gasteiger partial charge in [0.2, 0.25) is 5.91 Å². The van der Waals surface area contributed by atoms with Gasteiger partial charge < -0.3 is 19.7 Å². The zero-order valence-electron chi connectivity index (χ0n) is 15.3. The summed E-state index contributed by atoms with van der Waals surface area (Å²) in [6, 6.07) is 12.1. The Morgan fingerprint density at radius 1 is 1.10 bits per heavy atom. The highest BCUT2D eigenvalue weighted by Crippen LogP contribution is 2.27. The van der Waals surface area contributed by atoms with E-state index in [1.54, 1.807) is 18.2 Å². The van der Waals surface area contributed by atoms with Crippen LogP contribution in [0.5, 0.6) is 5.75 Å². The Labute approximate surface area is 165 Å². The maximum Gasteiger partial charge on any atom is 0.387 e. The number of nitrogens with zero attached hydrogens (tertiary/aromatic N) is 1. The highest BCUT2D eigenvalue weighted by molar-refractivity contribution is 6.04. The minimum atomic E-state index is -3.05. The highest BCUT2D eigenvalue weighted by atomic mass is 19.3. The SMILES string of the molecule is O=C(COC(=O)c1ccccc1N1CCCC1=O)Nc1ccccc1OC(F)F. The first-order chi connectivity index (χ1) is 14.0. The third-order valence-electron chi connectivity index (χ3n) is 4.20. The fraction of sp³-hybridized carbons (Fsp3) is 0.250. The van der Waals surface area contributed by atoms with Crippen molar-refractivity contribution in [2.24, 2.45) is 0 Å². The molecule has 0 radical (unpaired) electrons. The maximum atomic E-state index is 12.4. The van der Waals surface area contributed by atoms with E-state index in [2.05, 4.69) is 10.1 Å². The summed E-state index contributed by atoms with van der Waals surface area (Å²) in [7, 11) is 0. The van der Waals surface area contributed by atoms with Gasteiger partial charge in [-0.1, -0.05) is 24.3 Å². The van der Waals surface area contributed by atoms with Crippen molar-refractivity contribution in [1.29, 1.82) is 0 Å². The molecule has 1 N–H and O–H groups in total. The number of hydrogen-bond donors (Lipinski definition) is 1. The van der Waals surface area contributed by atoms with Gasteiger partial charge in [0.05, 0.1) is 16.9 Å². The number of carbonyl (C=O) groups is 3. The summed E-state index contributed by atoms with van der Waals surface area (Å²) in [5.74, 6) is -1.79. The number of carbonyl (C=O) groups excluding carboxylic acids is 3. The van der Waals surface area contributed by atoms with Crippen molar-refractivity contribution < 1.29 is 32.6 Å². The lowest BCUT2D eigenvalue weighted by Crippen LogP contribution is -2.27. The van der Waals surface area contributed by atoms with Gasteiger partial charge in [0.1, 0.15) is 5.75 Å². The molecule has 1 heterocycles. The number of anilines is 2. The number of nitrogens with one attached hydrogen (secondary N) is 1. The van der Waals surface area contributed by atoms with Gasteiger partial charge in [0, 0.05) is 13.0 Å². The molecule has 0 bridgehead atoms. The van der Waals surface area contributed by atoms with E-state index in [9.17, 15) is 23.2 Å². The van der Waals surface area contributed by atoms with Crippen molar-refractivity contribution >= 4 is 29.2 Å². The second kappa shape index (κ2) is 9.13. The molecule has 1 aliphatic heterocycles. The van der Waals surface area contributed by atoms with E-state index < -0.39 is 25.1 Å². The number of benzene rings is 2. The molecule has 0 aliphatic carbocycles. The van der Waals surface area contributed by atoms with Crippen molar-refractivity contribution in [3.8, 4) is 5.75 Å². The molecule has 29 heavy (non-hydrogen) atoms. The number of para-hydroxylation sites is 3. The van der Waals surface area contributed by atoms with Crippen LogP contribution in [0, 0.1) is 0 Å². The van der Waals surface area contributed by atoms with E-state index in [1.807, 2.05) is 0 Å². The molecule has 9 heteroatoms. The van der Waals surface area contributed by atoms with Gasteiger partial charge in [-0.15, -0.1) is 0 Å². The number of esters is 1. The van der Waals surface area contributed by atoms with Crippen molar-refractivity contribution in [2.45, 2.75) is 19.5 Å². The molecule has 0 saturated carbocycles. The minimum Gasteiger partial charge on any atom is -0.452 e. The number of amides is 2. The predicted molar refractivity (Wildman–Crippen MR) is 100 cm³/mol. The Morgan fingerprint density at radius 2 is 1.83 bits per heavy atom. The van der Waals surface area contributed by atoms with Gasteiger partial charge >= 0.3 is 12.6 Å². The number of ether oxygens (including phenoxy) is 2. The van der Waals surface area contributed by atoms with E-state index in [0.717, 1.165) is 0 Å². The van der Waals surface area contributed by atoms with E-state index in [1.165, 1.54) is 35.2 Å². The average molecular weight is 404 g/mol. The molecule has 7 nitrogen and oxygen atoms in total. The van der Waals surface area contributed by atoms with Gasteiger partial charge in [0.25, 0.3) is 5.91 Å². The third-order valence-corrected chi connectivity index (χ3v) is 4.20. The second-order valence-electron chi connectivity index (χ2n) is 6.17. The summed E-state index contributed by atoms with van der Waals surface area (Å²) >= 11 is 0. The quantitative estimate of drug-likeness (QED) is 0.717. The van der Waals surface area contributed by atoms with Gasteiger partial charge in [-0.2, -0.15) is 8.78 Å². The van der Waals surface area contributed by atoms with Crippen molar-refractivity contribution in [1.82, 2.24) is 0 Å². The molecule has 0 atom stereocenters. The first kappa shape index (κ1) is 20.2. The normalized spacial score (nSPS) is 13.5. The molecule has 152 valence electrons. The molecule has 2 amide bonds. The van der Waals surface area contributed by atoms with E-state index >= 15 is 0 Å². The van der Waals surface area contributed by atoms with Gasteiger partial charge in [-0.25, -0.2) is 4.79 Å². The van der Waals surface area contributed by atoms with Crippen molar-refractivity contribution in [2.75, 3.05) is 23.4 Å². The van der Waals surface area contributed by atoms with Crippen LogP contribution < -0.4 is 15.0 Å². The zero-order valence-corrected chi connectivity index (χ0v) is 15.3. The Kier molecular flexibility index (Phi) is 6.38. The topological polar surface area (TPSA) is 84.9 Å². The summed E-state index contributed by atoms with van der Waals surface area (Å²) in [5.41, 5.74) is 0.616. The Morgan fingerprint density at radius 3 is 2.55 bits per heavy atom. The lowest BCUT2D eigenvalue weighted by molar-refractivity contribution is -0.119. The van der Waals surface area contributed by atoms with Crippen LogP contribution in [0.4, 0.5) is 20.2 Å². The second-order valence-corrected chi connectivity index (χ2v) is 6.17. The Hall–Kier alpha value is -3.49. The summed E-state index contributed by atoms with van der Waals surface area (Å²) in [4.78, 5) is 38.0. The number of alkyl halides is 2. The first-order valence-electron chi connectivity index (χ1n) is 8.86. The molecule has 2 aromatic rings. The Bertz CT molecular complexity index is 919. The van der Waals surface area contributed by atoms with Crippen LogP contribution in [0.1, 0.15) is 23.2 Å². The average Bonchev–Trinajstić information content (AvgIpc) is 3.13. The fourth-order valence-corrected chi connectivity index (χ4v) is 2.95. The van der Waals surface area contributed by atoms with E-state index in [0.29, 0.717) is 25.1 Å². The van der Waals surface area contributed by atoms with Crippen LogP contribution in [0.2, 0.25) is 0 Å². The molecule has 1 aliphatic rings. The zero-order chi connectivity index (χ0) is 20.8. The predicted octanol–water partition coefficient (Wildman–Crippen LogP) is 3.21. The van der Waals surface area contributed by atoms with Crippen molar-refractivity contribution in [3.63, 3.8) is 0 Å². The van der Waals surface area contributed by atoms with Crippen molar-refractivity contribution in [3.05, 3.63) is 54.1 Å². The summed E-state index contributed by atoms with van der Waals surface area (Å²) in [6.45, 7) is -3.18. The van der Waals surface area contributed by atoms with Crippen LogP contribution in [0.15, 0.2) is 48.5 Å². The lowest BCUT2D eigenvalue weighted by atomic mass is 10.1. The van der Waals surface area contributed by atoms with Gasteiger partial charge in [0.15, 0.2) is 6.61 Å². The van der Waals surface area contributed by atoms with Crippen LogP contribution in [0.25, 0.3) is 0 Å². The molecule has 0 aromatic heterocycles. The lowest BCUT2D eigenvalue weighted by Gasteiger charge is -2.18. The largest absolute Gasteiger partial charge is 0.452 e. The Balaban J connectivity index is 1.63. The van der Waals surface area contributed by atoms with Crippen LogP contribution >= 0.6 is 0 Å². The molecule has 0 spiro atoms. The van der Waals surface area contributed by atoms with E-state index in [-0.39, 0.29) is 22.9 Å². The monoisotopic (exact) mass is 404 g/mol. The van der Waals surface area contributed by atoms with Gasteiger partial charge in [-0.05, 0) is 30.7 Å². The number of halogens is 2. The highest BCUT2D eigenvalue weighted by Gasteiger charge is 2.26. The summed E-state index contributed by atoms with van der Waals surface area (Å²) < 4.78 is 34.3. The molecule has 1 saturated heterocycles. The number of hydrogen-bond acceptors (Lipinski definition) is 5. The maximum absolute atomic E-state index is 12.4. The summed E-state index contributed by atoms with van der Waals surface area (Å²) in [6.07, 6.45) is 1.11. The molecular weight excluding hydrogens is 386 g/mol. The molecular formula is C20H18F2N2O5. The summed E-state index contributed by atoms with van der Waals surface area (Å²) in [5, 5.41) is 2.36. The first-order valence-corrected chi connectivity index (χ1v) is 8.86. The van der Waals surface area contributed by atoms with Crippen LogP contribution in [-0.4, -0.2) is 37.5 Å². The third kappa shape index (κ3) is 5.07. The molecule has 2 aromatic carbocycles. The fourth-order valence-electron chi connectivity index (χ4n) is 2.95. The van der Waals surface area contributed by atoms with Crippen LogP contribution in [-0.2, 0) is 14.3 Å². The smallest absolute Gasteiger partial charge is 0.387 e.